The van der Waals surface area contributed by atoms with Gasteiger partial charge in [0.1, 0.15) is 5.82 Å². The Hall–Kier alpha value is -1.96. The van der Waals surface area contributed by atoms with Gasteiger partial charge in [0.15, 0.2) is 5.82 Å². The molecule has 108 valence electrons. The Morgan fingerprint density at radius 1 is 1.30 bits per heavy atom. The Morgan fingerprint density at radius 3 is 2.70 bits per heavy atom. The van der Waals surface area contributed by atoms with E-state index >= 15 is 0 Å². The van der Waals surface area contributed by atoms with Gasteiger partial charge < -0.3 is 9.84 Å². The van der Waals surface area contributed by atoms with Crippen LogP contribution in [0.25, 0.3) is 11.5 Å². The zero-order chi connectivity index (χ0) is 14.8. The van der Waals surface area contributed by atoms with Crippen molar-refractivity contribution in [1.29, 1.82) is 0 Å². The second-order valence-corrected chi connectivity index (χ2v) is 3.99. The molecule has 1 N–H and O–H groups in total. The van der Waals surface area contributed by atoms with Crippen LogP contribution in [0.2, 0.25) is 0 Å². The third-order valence-electron chi connectivity index (χ3n) is 2.53. The molecule has 2 rings (SSSR count). The average Bonchev–Trinajstić information content (AvgIpc) is 2.84. The van der Waals surface area contributed by atoms with Crippen molar-refractivity contribution in [3.05, 3.63) is 35.4 Å². The summed E-state index contributed by atoms with van der Waals surface area (Å²) < 4.78 is 56.1. The summed E-state index contributed by atoms with van der Waals surface area (Å²) in [6.45, 7) is 2.83. The number of alkyl halides is 3. The molecule has 0 spiro atoms. The number of benzene rings is 1. The molecule has 20 heavy (non-hydrogen) atoms. The molecule has 0 saturated carbocycles. The van der Waals surface area contributed by atoms with Crippen LogP contribution in [0, 0.1) is 5.82 Å². The van der Waals surface area contributed by atoms with E-state index in [2.05, 4.69) is 15.5 Å². The second kappa shape index (κ2) is 5.58. The van der Waals surface area contributed by atoms with Gasteiger partial charge in [-0.25, -0.2) is 4.39 Å². The van der Waals surface area contributed by atoms with Crippen LogP contribution in [0.4, 0.5) is 17.6 Å². The van der Waals surface area contributed by atoms with Crippen LogP contribution in [-0.4, -0.2) is 16.7 Å². The van der Waals surface area contributed by atoms with E-state index < -0.39 is 17.6 Å². The number of nitrogens with zero attached hydrogens (tertiary/aromatic N) is 2. The fourth-order valence-corrected chi connectivity index (χ4v) is 1.54. The van der Waals surface area contributed by atoms with Gasteiger partial charge in [-0.15, -0.1) is 0 Å². The SMILES string of the molecule is CCNCc1noc(-c2cc(C(F)(F)F)ccc2F)n1. The summed E-state index contributed by atoms with van der Waals surface area (Å²) in [5, 5.41) is 6.49. The molecule has 0 amide bonds. The van der Waals surface area contributed by atoms with E-state index in [1.54, 1.807) is 0 Å². The van der Waals surface area contributed by atoms with Gasteiger partial charge in [0.2, 0.25) is 0 Å². The van der Waals surface area contributed by atoms with Gasteiger partial charge >= 0.3 is 6.18 Å². The van der Waals surface area contributed by atoms with Gasteiger partial charge in [-0.3, -0.25) is 0 Å². The molecule has 4 nitrogen and oxygen atoms in total. The third kappa shape index (κ3) is 3.13. The summed E-state index contributed by atoms with van der Waals surface area (Å²) in [5.74, 6) is -0.878. The highest BCUT2D eigenvalue weighted by Gasteiger charge is 2.31. The molecule has 1 aromatic carbocycles. The maximum Gasteiger partial charge on any atom is 0.416 e. The standard InChI is InChI=1S/C12H11F4N3O/c1-2-17-6-10-18-11(20-19-10)8-5-7(12(14,15)16)3-4-9(8)13/h3-5,17H,2,6H2,1H3. The molecule has 1 aromatic heterocycles. The van der Waals surface area contributed by atoms with E-state index in [1.807, 2.05) is 6.92 Å². The molecule has 0 atom stereocenters. The lowest BCUT2D eigenvalue weighted by molar-refractivity contribution is -0.137. The Balaban J connectivity index is 2.34. The largest absolute Gasteiger partial charge is 0.416 e. The normalized spacial score (nSPS) is 11.8. The minimum absolute atomic E-state index is 0.249. The Morgan fingerprint density at radius 2 is 2.05 bits per heavy atom. The highest BCUT2D eigenvalue weighted by molar-refractivity contribution is 5.55. The van der Waals surface area contributed by atoms with E-state index in [4.69, 9.17) is 4.52 Å². The number of halogens is 4. The van der Waals surface area contributed by atoms with Crippen molar-refractivity contribution in [2.45, 2.75) is 19.6 Å². The molecule has 2 aromatic rings. The van der Waals surface area contributed by atoms with E-state index in [0.29, 0.717) is 25.2 Å². The van der Waals surface area contributed by atoms with Crippen molar-refractivity contribution in [1.82, 2.24) is 15.5 Å². The quantitative estimate of drug-likeness (QED) is 0.879. The molecule has 0 aliphatic heterocycles. The van der Waals surface area contributed by atoms with E-state index in [-0.39, 0.29) is 17.3 Å². The molecule has 0 saturated heterocycles. The summed E-state index contributed by atoms with van der Waals surface area (Å²) in [6, 6.07) is 2.04. The van der Waals surface area contributed by atoms with Crippen molar-refractivity contribution < 1.29 is 22.1 Å². The predicted octanol–water partition coefficient (Wildman–Crippen LogP) is 3.00. The summed E-state index contributed by atoms with van der Waals surface area (Å²) >= 11 is 0. The molecular formula is C12H11F4N3O. The van der Waals surface area contributed by atoms with Gasteiger partial charge in [-0.1, -0.05) is 12.1 Å². The second-order valence-electron chi connectivity index (χ2n) is 3.99. The van der Waals surface area contributed by atoms with E-state index in [9.17, 15) is 17.6 Å². The summed E-state index contributed by atoms with van der Waals surface area (Å²) in [7, 11) is 0. The number of aromatic nitrogens is 2. The van der Waals surface area contributed by atoms with Crippen molar-refractivity contribution in [2.24, 2.45) is 0 Å². The lowest BCUT2D eigenvalue weighted by atomic mass is 10.1. The van der Waals surface area contributed by atoms with Crippen LogP contribution in [0.5, 0.6) is 0 Å². The first-order valence-corrected chi connectivity index (χ1v) is 5.82. The molecule has 0 fully saturated rings. The Kier molecular flexibility index (Phi) is 4.03. The number of hydrogen-bond donors (Lipinski definition) is 1. The molecule has 1 heterocycles. The Labute approximate surface area is 111 Å². The lowest BCUT2D eigenvalue weighted by Crippen LogP contribution is -2.12. The smallest absolute Gasteiger partial charge is 0.334 e. The molecule has 0 unspecified atom stereocenters. The molecule has 8 heteroatoms. The fourth-order valence-electron chi connectivity index (χ4n) is 1.54. The monoisotopic (exact) mass is 289 g/mol. The van der Waals surface area contributed by atoms with E-state index in [1.165, 1.54) is 0 Å². The maximum absolute atomic E-state index is 13.6. The van der Waals surface area contributed by atoms with Gasteiger partial charge in [0.25, 0.3) is 5.89 Å². The molecule has 0 bridgehead atoms. The zero-order valence-electron chi connectivity index (χ0n) is 10.5. The first-order valence-electron chi connectivity index (χ1n) is 5.82. The first kappa shape index (κ1) is 14.4. The lowest BCUT2D eigenvalue weighted by Gasteiger charge is -2.07. The van der Waals surface area contributed by atoms with Gasteiger partial charge in [0, 0.05) is 0 Å². The third-order valence-corrected chi connectivity index (χ3v) is 2.53. The van der Waals surface area contributed by atoms with Crippen molar-refractivity contribution in [2.75, 3.05) is 6.54 Å². The summed E-state index contributed by atoms with van der Waals surface area (Å²) in [6.07, 6.45) is -4.56. The molecule has 0 aliphatic rings. The first-order chi connectivity index (χ1) is 9.41. The molecular weight excluding hydrogens is 278 g/mol. The van der Waals surface area contributed by atoms with Crippen LogP contribution >= 0.6 is 0 Å². The number of rotatable bonds is 4. The molecule has 0 aliphatic carbocycles. The maximum atomic E-state index is 13.6. The number of hydrogen-bond acceptors (Lipinski definition) is 4. The van der Waals surface area contributed by atoms with Gasteiger partial charge in [-0.2, -0.15) is 18.2 Å². The summed E-state index contributed by atoms with van der Waals surface area (Å²) in [4.78, 5) is 3.85. The topological polar surface area (TPSA) is 51.0 Å². The van der Waals surface area contributed by atoms with Crippen LogP contribution in [-0.2, 0) is 12.7 Å². The van der Waals surface area contributed by atoms with Crippen LogP contribution < -0.4 is 5.32 Å². The minimum atomic E-state index is -4.56. The van der Waals surface area contributed by atoms with Gasteiger partial charge in [0.05, 0.1) is 17.7 Å². The van der Waals surface area contributed by atoms with Crippen LogP contribution in [0.15, 0.2) is 22.7 Å². The average molecular weight is 289 g/mol. The minimum Gasteiger partial charge on any atom is -0.334 e. The van der Waals surface area contributed by atoms with Crippen molar-refractivity contribution >= 4 is 0 Å². The summed E-state index contributed by atoms with van der Waals surface area (Å²) in [5.41, 5.74) is -1.34. The van der Waals surface area contributed by atoms with Crippen molar-refractivity contribution in [3.63, 3.8) is 0 Å². The van der Waals surface area contributed by atoms with E-state index in [0.717, 1.165) is 6.07 Å². The highest BCUT2D eigenvalue weighted by atomic mass is 19.4. The van der Waals surface area contributed by atoms with Gasteiger partial charge in [-0.05, 0) is 24.7 Å². The van der Waals surface area contributed by atoms with Crippen molar-refractivity contribution in [3.8, 4) is 11.5 Å². The van der Waals surface area contributed by atoms with Crippen LogP contribution in [0.1, 0.15) is 18.3 Å². The molecule has 0 radical (unpaired) electrons. The Bertz CT molecular complexity index is 595. The number of nitrogens with one attached hydrogen (secondary N) is 1. The van der Waals surface area contributed by atoms with Crippen LogP contribution in [0.3, 0.4) is 0 Å². The predicted molar refractivity (Wildman–Crippen MR) is 62.1 cm³/mol. The fraction of sp³-hybridized carbons (Fsp3) is 0.333. The highest BCUT2D eigenvalue weighted by Crippen LogP contribution is 2.33. The zero-order valence-corrected chi connectivity index (χ0v) is 10.5.